The summed E-state index contributed by atoms with van der Waals surface area (Å²) < 4.78 is 11.4. The van der Waals surface area contributed by atoms with Crippen LogP contribution in [0.2, 0.25) is 0 Å². The molecule has 2 atom stereocenters. The topological polar surface area (TPSA) is 30.5 Å². The first-order valence-electron chi connectivity index (χ1n) is 6.62. The molecule has 0 aromatic heterocycles. The third-order valence-electron chi connectivity index (χ3n) is 3.61. The molecule has 94 valence electrons. The average molecular weight is 227 g/mol. The molecule has 2 heterocycles. The molecule has 0 aromatic carbocycles. The van der Waals surface area contributed by atoms with E-state index in [0.29, 0.717) is 12.0 Å². The first-order chi connectivity index (χ1) is 7.66. The summed E-state index contributed by atoms with van der Waals surface area (Å²) in [6.45, 7) is 8.34. The normalized spacial score (nSPS) is 34.1. The molecule has 1 N–H and O–H groups in total. The lowest BCUT2D eigenvalue weighted by Gasteiger charge is -2.24. The molecule has 16 heavy (non-hydrogen) atoms. The van der Waals surface area contributed by atoms with Crippen molar-refractivity contribution in [3.8, 4) is 0 Å². The van der Waals surface area contributed by atoms with Crippen molar-refractivity contribution in [3.63, 3.8) is 0 Å². The first-order valence-corrected chi connectivity index (χ1v) is 6.62. The summed E-state index contributed by atoms with van der Waals surface area (Å²) >= 11 is 0. The molecular formula is C13H25NO2. The second-order valence-electron chi connectivity index (χ2n) is 5.78. The highest BCUT2D eigenvalue weighted by molar-refractivity contribution is 4.82. The lowest BCUT2D eigenvalue weighted by Crippen LogP contribution is -2.34. The lowest BCUT2D eigenvalue weighted by molar-refractivity contribution is -0.0155. The summed E-state index contributed by atoms with van der Waals surface area (Å²) in [4.78, 5) is 0. The highest BCUT2D eigenvalue weighted by Crippen LogP contribution is 2.28. The van der Waals surface area contributed by atoms with Gasteiger partial charge in [0.1, 0.15) is 0 Å². The maximum atomic E-state index is 5.94. The van der Waals surface area contributed by atoms with E-state index in [1.54, 1.807) is 0 Å². The van der Waals surface area contributed by atoms with Crippen molar-refractivity contribution in [1.29, 1.82) is 0 Å². The van der Waals surface area contributed by atoms with Crippen molar-refractivity contribution in [2.75, 3.05) is 26.3 Å². The zero-order valence-electron chi connectivity index (χ0n) is 10.6. The van der Waals surface area contributed by atoms with E-state index in [1.807, 2.05) is 0 Å². The fraction of sp³-hybridized carbons (Fsp3) is 1.00. The van der Waals surface area contributed by atoms with Gasteiger partial charge in [-0.25, -0.2) is 0 Å². The predicted octanol–water partition coefficient (Wildman–Crippen LogP) is 1.96. The minimum Gasteiger partial charge on any atom is -0.381 e. The molecule has 0 spiro atoms. The molecule has 2 rings (SSSR count). The van der Waals surface area contributed by atoms with Gasteiger partial charge in [-0.2, -0.15) is 0 Å². The van der Waals surface area contributed by atoms with Gasteiger partial charge in [-0.05, 0) is 45.4 Å². The molecule has 0 aliphatic carbocycles. The number of hydrogen-bond acceptors (Lipinski definition) is 3. The van der Waals surface area contributed by atoms with E-state index in [-0.39, 0.29) is 5.60 Å². The Hall–Kier alpha value is -0.120. The highest BCUT2D eigenvalue weighted by atomic mass is 16.5. The van der Waals surface area contributed by atoms with Crippen LogP contribution in [0.15, 0.2) is 0 Å². The zero-order chi connectivity index (χ0) is 11.4. The third kappa shape index (κ3) is 3.72. The van der Waals surface area contributed by atoms with Crippen molar-refractivity contribution >= 4 is 0 Å². The molecular weight excluding hydrogens is 202 g/mol. The molecule has 0 aromatic rings. The second-order valence-corrected chi connectivity index (χ2v) is 5.78. The maximum Gasteiger partial charge on any atom is 0.0707 e. The Kier molecular flexibility index (Phi) is 4.22. The van der Waals surface area contributed by atoms with E-state index < -0.39 is 0 Å². The summed E-state index contributed by atoms with van der Waals surface area (Å²) in [7, 11) is 0. The van der Waals surface area contributed by atoms with E-state index in [4.69, 9.17) is 9.47 Å². The third-order valence-corrected chi connectivity index (χ3v) is 3.61. The molecule has 0 amide bonds. The number of ether oxygens (including phenoxy) is 2. The molecule has 2 unspecified atom stereocenters. The minimum atomic E-state index is 0.0975. The van der Waals surface area contributed by atoms with Gasteiger partial charge in [-0.3, -0.25) is 0 Å². The van der Waals surface area contributed by atoms with Gasteiger partial charge in [-0.15, -0.1) is 0 Å². The van der Waals surface area contributed by atoms with Crippen LogP contribution in [-0.4, -0.2) is 38.0 Å². The highest BCUT2D eigenvalue weighted by Gasteiger charge is 2.31. The van der Waals surface area contributed by atoms with Gasteiger partial charge in [0.15, 0.2) is 0 Å². The van der Waals surface area contributed by atoms with E-state index in [9.17, 15) is 0 Å². The minimum absolute atomic E-state index is 0.0975. The van der Waals surface area contributed by atoms with Crippen molar-refractivity contribution < 1.29 is 9.47 Å². The van der Waals surface area contributed by atoms with Crippen molar-refractivity contribution in [2.24, 2.45) is 5.92 Å². The van der Waals surface area contributed by atoms with Crippen LogP contribution in [-0.2, 0) is 9.47 Å². The van der Waals surface area contributed by atoms with Crippen molar-refractivity contribution in [2.45, 2.75) is 51.2 Å². The Balaban J connectivity index is 1.58. The first kappa shape index (κ1) is 12.3. The SMILES string of the molecule is CC1(C)CCC(CNCC2CCCOC2)O1. The fourth-order valence-corrected chi connectivity index (χ4v) is 2.64. The van der Waals surface area contributed by atoms with Gasteiger partial charge in [0, 0.05) is 19.7 Å². The molecule has 3 heteroatoms. The van der Waals surface area contributed by atoms with Gasteiger partial charge < -0.3 is 14.8 Å². The van der Waals surface area contributed by atoms with Crippen LogP contribution >= 0.6 is 0 Å². The standard InChI is InChI=1S/C13H25NO2/c1-13(2)6-5-12(16-13)9-14-8-11-4-3-7-15-10-11/h11-12,14H,3-10H2,1-2H3. The van der Waals surface area contributed by atoms with Crippen LogP contribution in [0.3, 0.4) is 0 Å². The monoisotopic (exact) mass is 227 g/mol. The van der Waals surface area contributed by atoms with Gasteiger partial charge in [0.25, 0.3) is 0 Å². The molecule has 0 radical (unpaired) electrons. The van der Waals surface area contributed by atoms with Crippen LogP contribution in [0, 0.1) is 5.92 Å². The summed E-state index contributed by atoms with van der Waals surface area (Å²) in [6.07, 6.45) is 5.33. The summed E-state index contributed by atoms with van der Waals surface area (Å²) in [5.74, 6) is 0.711. The van der Waals surface area contributed by atoms with Gasteiger partial charge in [0.05, 0.1) is 18.3 Å². The van der Waals surface area contributed by atoms with Crippen LogP contribution < -0.4 is 5.32 Å². The van der Waals surface area contributed by atoms with E-state index in [2.05, 4.69) is 19.2 Å². The van der Waals surface area contributed by atoms with Crippen LogP contribution in [0.1, 0.15) is 39.5 Å². The van der Waals surface area contributed by atoms with Crippen molar-refractivity contribution in [1.82, 2.24) is 5.32 Å². The smallest absolute Gasteiger partial charge is 0.0707 e. The Morgan fingerprint density at radius 2 is 2.12 bits per heavy atom. The zero-order valence-corrected chi connectivity index (χ0v) is 10.6. The number of hydrogen-bond donors (Lipinski definition) is 1. The van der Waals surface area contributed by atoms with Gasteiger partial charge >= 0.3 is 0 Å². The molecule has 0 saturated carbocycles. The Bertz CT molecular complexity index is 212. The molecule has 3 nitrogen and oxygen atoms in total. The Morgan fingerprint density at radius 1 is 1.25 bits per heavy atom. The number of nitrogens with one attached hydrogen (secondary N) is 1. The van der Waals surface area contributed by atoms with Crippen LogP contribution in [0.25, 0.3) is 0 Å². The molecule has 2 aliphatic rings. The molecule has 2 saturated heterocycles. The van der Waals surface area contributed by atoms with E-state index in [0.717, 1.165) is 26.3 Å². The summed E-state index contributed by atoms with van der Waals surface area (Å²) in [6, 6.07) is 0. The van der Waals surface area contributed by atoms with E-state index >= 15 is 0 Å². The average Bonchev–Trinajstić information content (AvgIpc) is 2.60. The Labute approximate surface area is 98.9 Å². The van der Waals surface area contributed by atoms with Gasteiger partial charge in [0.2, 0.25) is 0 Å². The van der Waals surface area contributed by atoms with Crippen molar-refractivity contribution in [3.05, 3.63) is 0 Å². The lowest BCUT2D eigenvalue weighted by atomic mass is 10.0. The summed E-state index contributed by atoms with van der Waals surface area (Å²) in [5.41, 5.74) is 0.0975. The maximum absolute atomic E-state index is 5.94. The number of rotatable bonds is 4. The largest absolute Gasteiger partial charge is 0.381 e. The molecule has 2 fully saturated rings. The second kappa shape index (κ2) is 5.48. The fourth-order valence-electron chi connectivity index (χ4n) is 2.64. The van der Waals surface area contributed by atoms with Gasteiger partial charge in [-0.1, -0.05) is 0 Å². The van der Waals surface area contributed by atoms with Crippen LogP contribution in [0.4, 0.5) is 0 Å². The molecule has 0 bridgehead atoms. The van der Waals surface area contributed by atoms with Crippen LogP contribution in [0.5, 0.6) is 0 Å². The Morgan fingerprint density at radius 3 is 2.75 bits per heavy atom. The predicted molar refractivity (Wildman–Crippen MR) is 64.6 cm³/mol. The van der Waals surface area contributed by atoms with E-state index in [1.165, 1.54) is 25.7 Å². The summed E-state index contributed by atoms with van der Waals surface area (Å²) in [5, 5.41) is 3.53. The molecule has 2 aliphatic heterocycles. The quantitative estimate of drug-likeness (QED) is 0.796.